The minimum absolute atomic E-state index is 0.00484. The molecule has 0 aliphatic heterocycles. The summed E-state index contributed by atoms with van der Waals surface area (Å²) in [4.78, 5) is 10.9. The minimum atomic E-state index is -1.31. The Morgan fingerprint density at radius 1 is 1.25 bits per heavy atom. The highest BCUT2D eigenvalue weighted by Crippen LogP contribution is 2.22. The first-order valence-electron chi connectivity index (χ1n) is 4.87. The van der Waals surface area contributed by atoms with Crippen molar-refractivity contribution in [1.29, 1.82) is 0 Å². The van der Waals surface area contributed by atoms with Crippen LogP contribution in [0.5, 0.6) is 0 Å². The van der Waals surface area contributed by atoms with E-state index in [4.69, 9.17) is 10.2 Å². The van der Waals surface area contributed by atoms with Crippen LogP contribution in [0.2, 0.25) is 0 Å². The zero-order valence-corrected chi connectivity index (χ0v) is 8.58. The molecule has 0 saturated heterocycles. The summed E-state index contributed by atoms with van der Waals surface area (Å²) in [7, 11) is 0. The molecular weight excluding hydrogens is 212 g/mol. The zero-order chi connectivity index (χ0) is 12.1. The van der Waals surface area contributed by atoms with E-state index in [0.29, 0.717) is 0 Å². The molecule has 88 valence electrons. The van der Waals surface area contributed by atoms with Gasteiger partial charge in [-0.1, -0.05) is 18.2 Å². The van der Waals surface area contributed by atoms with Crippen molar-refractivity contribution in [2.24, 2.45) is 0 Å². The summed E-state index contributed by atoms with van der Waals surface area (Å²) in [6.07, 6.45) is -2.49. The average Bonchev–Trinajstić information content (AvgIpc) is 2.28. The molecule has 0 fully saturated rings. The van der Waals surface area contributed by atoms with Gasteiger partial charge in [0.2, 0.25) is 0 Å². The normalized spacial score (nSPS) is 14.4. The van der Waals surface area contributed by atoms with Crippen molar-refractivity contribution >= 4 is 5.97 Å². The van der Waals surface area contributed by atoms with Gasteiger partial charge in [0.1, 0.15) is 6.10 Å². The second-order valence-electron chi connectivity index (χ2n) is 3.42. The Balaban J connectivity index is 2.98. The number of benzene rings is 1. The Morgan fingerprint density at radius 3 is 2.44 bits per heavy atom. The molecule has 0 amide bonds. The fraction of sp³-hybridized carbons (Fsp3) is 0.364. The van der Waals surface area contributed by atoms with Crippen LogP contribution in [0.25, 0.3) is 0 Å². The van der Waals surface area contributed by atoms with Gasteiger partial charge >= 0.3 is 5.97 Å². The van der Waals surface area contributed by atoms with Crippen molar-refractivity contribution < 1.29 is 25.2 Å². The molecule has 1 aromatic carbocycles. The molecular formula is C11H14O5. The fourth-order valence-corrected chi connectivity index (χ4v) is 1.45. The van der Waals surface area contributed by atoms with E-state index in [0.717, 1.165) is 0 Å². The molecule has 1 aromatic rings. The summed E-state index contributed by atoms with van der Waals surface area (Å²) >= 11 is 0. The number of carboxylic acid groups (broad SMARTS) is 1. The van der Waals surface area contributed by atoms with Gasteiger partial charge in [0, 0.05) is 6.61 Å². The monoisotopic (exact) mass is 226 g/mol. The largest absolute Gasteiger partial charge is 0.478 e. The molecule has 16 heavy (non-hydrogen) atoms. The molecule has 0 bridgehead atoms. The van der Waals surface area contributed by atoms with Gasteiger partial charge in [-0.25, -0.2) is 4.79 Å². The molecule has 0 spiro atoms. The first-order chi connectivity index (χ1) is 7.57. The third-order valence-electron chi connectivity index (χ3n) is 2.30. The van der Waals surface area contributed by atoms with E-state index < -0.39 is 18.2 Å². The van der Waals surface area contributed by atoms with E-state index in [1.807, 2.05) is 0 Å². The van der Waals surface area contributed by atoms with Crippen LogP contribution in [0.4, 0.5) is 0 Å². The Morgan fingerprint density at radius 2 is 1.88 bits per heavy atom. The topological polar surface area (TPSA) is 98.0 Å². The lowest BCUT2D eigenvalue weighted by atomic mass is 9.97. The van der Waals surface area contributed by atoms with Crippen LogP contribution >= 0.6 is 0 Å². The van der Waals surface area contributed by atoms with Crippen molar-refractivity contribution in [3.05, 3.63) is 35.4 Å². The van der Waals surface area contributed by atoms with Crippen molar-refractivity contribution in [3.63, 3.8) is 0 Å². The standard InChI is InChI=1S/C11H14O5/c12-6-5-9(13)10(14)7-3-1-2-4-8(7)11(15)16/h1-4,9-10,12-14H,5-6H2,(H,15,16). The van der Waals surface area contributed by atoms with Crippen molar-refractivity contribution in [1.82, 2.24) is 0 Å². The molecule has 0 radical (unpaired) electrons. The second-order valence-corrected chi connectivity index (χ2v) is 3.42. The van der Waals surface area contributed by atoms with Gasteiger partial charge in [0.05, 0.1) is 11.7 Å². The van der Waals surface area contributed by atoms with E-state index in [2.05, 4.69) is 0 Å². The maximum atomic E-state index is 10.9. The van der Waals surface area contributed by atoms with Gasteiger partial charge in [-0.2, -0.15) is 0 Å². The SMILES string of the molecule is O=C(O)c1ccccc1C(O)C(O)CCO. The van der Waals surface area contributed by atoms with E-state index in [-0.39, 0.29) is 24.2 Å². The number of aliphatic hydroxyl groups is 3. The van der Waals surface area contributed by atoms with Crippen molar-refractivity contribution in [3.8, 4) is 0 Å². The summed E-state index contributed by atoms with van der Waals surface area (Å²) in [6.45, 7) is -0.270. The maximum absolute atomic E-state index is 10.9. The molecule has 1 rings (SSSR count). The number of hydrogen-bond donors (Lipinski definition) is 4. The number of aromatic carboxylic acids is 1. The number of carboxylic acids is 1. The smallest absolute Gasteiger partial charge is 0.336 e. The second kappa shape index (κ2) is 5.60. The van der Waals surface area contributed by atoms with Crippen LogP contribution in [0.1, 0.15) is 28.4 Å². The summed E-state index contributed by atoms with van der Waals surface area (Å²) in [5.41, 5.74) is 0.0999. The van der Waals surface area contributed by atoms with Crippen LogP contribution in [-0.2, 0) is 0 Å². The molecule has 5 nitrogen and oxygen atoms in total. The number of aliphatic hydroxyl groups excluding tert-OH is 3. The number of carbonyl (C=O) groups is 1. The molecule has 2 atom stereocenters. The summed E-state index contributed by atoms with van der Waals surface area (Å²) in [5.74, 6) is -1.16. The van der Waals surface area contributed by atoms with E-state index in [1.54, 1.807) is 6.07 Å². The van der Waals surface area contributed by atoms with Crippen LogP contribution in [0.15, 0.2) is 24.3 Å². The van der Waals surface area contributed by atoms with Gasteiger partial charge < -0.3 is 20.4 Å². The van der Waals surface area contributed by atoms with E-state index >= 15 is 0 Å². The van der Waals surface area contributed by atoms with Gasteiger partial charge in [-0.15, -0.1) is 0 Å². The Labute approximate surface area is 92.6 Å². The van der Waals surface area contributed by atoms with Crippen LogP contribution in [0, 0.1) is 0 Å². The van der Waals surface area contributed by atoms with E-state index in [9.17, 15) is 15.0 Å². The van der Waals surface area contributed by atoms with Gasteiger partial charge in [0.15, 0.2) is 0 Å². The Kier molecular flexibility index (Phi) is 4.42. The predicted molar refractivity (Wildman–Crippen MR) is 56.1 cm³/mol. The molecule has 5 heteroatoms. The average molecular weight is 226 g/mol. The summed E-state index contributed by atoms with van der Waals surface area (Å²) in [6, 6.07) is 5.91. The van der Waals surface area contributed by atoms with Crippen molar-refractivity contribution in [2.45, 2.75) is 18.6 Å². The Bertz CT molecular complexity index is 363. The predicted octanol–water partition coefficient (Wildman–Crippen LogP) is 0.161. The molecule has 0 aromatic heterocycles. The van der Waals surface area contributed by atoms with Gasteiger partial charge in [-0.05, 0) is 18.1 Å². The fourth-order valence-electron chi connectivity index (χ4n) is 1.45. The van der Waals surface area contributed by atoms with Crippen molar-refractivity contribution in [2.75, 3.05) is 6.61 Å². The number of rotatable bonds is 5. The molecule has 4 N–H and O–H groups in total. The third-order valence-corrected chi connectivity index (χ3v) is 2.30. The molecule has 0 aliphatic carbocycles. The highest BCUT2D eigenvalue weighted by atomic mass is 16.4. The van der Waals surface area contributed by atoms with E-state index in [1.165, 1.54) is 18.2 Å². The van der Waals surface area contributed by atoms with Crippen LogP contribution < -0.4 is 0 Å². The first-order valence-corrected chi connectivity index (χ1v) is 4.87. The molecule has 2 unspecified atom stereocenters. The first kappa shape index (κ1) is 12.6. The lowest BCUT2D eigenvalue weighted by Gasteiger charge is -2.18. The summed E-state index contributed by atoms with van der Waals surface area (Å²) < 4.78 is 0. The molecule has 0 aliphatic rings. The number of hydrogen-bond acceptors (Lipinski definition) is 4. The quantitative estimate of drug-likeness (QED) is 0.573. The Hall–Kier alpha value is -1.43. The lowest BCUT2D eigenvalue weighted by molar-refractivity contribution is 0.00351. The highest BCUT2D eigenvalue weighted by molar-refractivity contribution is 5.89. The molecule has 0 heterocycles. The summed E-state index contributed by atoms with van der Waals surface area (Å²) in [5, 5.41) is 36.7. The van der Waals surface area contributed by atoms with Crippen LogP contribution in [-0.4, -0.2) is 39.1 Å². The highest BCUT2D eigenvalue weighted by Gasteiger charge is 2.22. The van der Waals surface area contributed by atoms with Crippen LogP contribution in [0.3, 0.4) is 0 Å². The zero-order valence-electron chi connectivity index (χ0n) is 8.58. The third kappa shape index (κ3) is 2.79. The lowest BCUT2D eigenvalue weighted by Crippen LogP contribution is -2.21. The van der Waals surface area contributed by atoms with Gasteiger partial charge in [-0.3, -0.25) is 0 Å². The maximum Gasteiger partial charge on any atom is 0.336 e. The molecule has 0 saturated carbocycles. The minimum Gasteiger partial charge on any atom is -0.478 e. The van der Waals surface area contributed by atoms with Gasteiger partial charge in [0.25, 0.3) is 0 Å².